The Labute approximate surface area is 119 Å². The van der Waals surface area contributed by atoms with Crippen LogP contribution in [0, 0.1) is 0 Å². The standard InChI is InChI=1S/C14H19N3OS/c1-17(14(18)16-12-6-3-7-12)9-10-4-2-5-11(8-10)13(15)19/h2,4-5,8,12H,3,6-7,9H2,1H3,(H2,15,19)(H,16,18). The van der Waals surface area contributed by atoms with E-state index >= 15 is 0 Å². The van der Waals surface area contributed by atoms with Crippen LogP contribution in [0.4, 0.5) is 4.79 Å². The largest absolute Gasteiger partial charge is 0.389 e. The number of hydrogen-bond donors (Lipinski definition) is 2. The predicted molar refractivity (Wildman–Crippen MR) is 80.0 cm³/mol. The third-order valence-electron chi connectivity index (χ3n) is 3.41. The highest BCUT2D eigenvalue weighted by Crippen LogP contribution is 2.18. The van der Waals surface area contributed by atoms with E-state index in [0.29, 0.717) is 17.6 Å². The molecular weight excluding hydrogens is 258 g/mol. The van der Waals surface area contributed by atoms with Crippen LogP contribution in [0.25, 0.3) is 0 Å². The fourth-order valence-electron chi connectivity index (χ4n) is 2.01. The smallest absolute Gasteiger partial charge is 0.317 e. The lowest BCUT2D eigenvalue weighted by molar-refractivity contribution is 0.195. The van der Waals surface area contributed by atoms with Crippen LogP contribution < -0.4 is 11.1 Å². The number of nitrogens with zero attached hydrogens (tertiary/aromatic N) is 1. The van der Waals surface area contributed by atoms with Crippen molar-refractivity contribution in [2.45, 2.75) is 31.8 Å². The Kier molecular flexibility index (Phi) is 4.37. The van der Waals surface area contributed by atoms with Crippen molar-refractivity contribution in [3.8, 4) is 0 Å². The van der Waals surface area contributed by atoms with Crippen LogP contribution in [0.2, 0.25) is 0 Å². The van der Waals surface area contributed by atoms with E-state index in [2.05, 4.69) is 5.32 Å². The van der Waals surface area contributed by atoms with E-state index in [4.69, 9.17) is 18.0 Å². The van der Waals surface area contributed by atoms with Crippen LogP contribution in [0.5, 0.6) is 0 Å². The molecule has 0 atom stereocenters. The van der Waals surface area contributed by atoms with Gasteiger partial charge in [0, 0.05) is 25.2 Å². The molecule has 0 aliphatic heterocycles. The van der Waals surface area contributed by atoms with Gasteiger partial charge in [-0.2, -0.15) is 0 Å². The Bertz CT molecular complexity index is 485. The first-order valence-corrected chi connectivity index (χ1v) is 6.87. The molecule has 1 aromatic rings. The lowest BCUT2D eigenvalue weighted by Crippen LogP contribution is -2.45. The summed E-state index contributed by atoms with van der Waals surface area (Å²) in [5.74, 6) is 0. The summed E-state index contributed by atoms with van der Waals surface area (Å²) in [6, 6.07) is 8.01. The third kappa shape index (κ3) is 3.67. The van der Waals surface area contributed by atoms with Gasteiger partial charge in [-0.25, -0.2) is 4.79 Å². The minimum Gasteiger partial charge on any atom is -0.389 e. The maximum atomic E-state index is 11.9. The van der Waals surface area contributed by atoms with Crippen LogP contribution in [-0.4, -0.2) is 29.0 Å². The average Bonchev–Trinajstić information content (AvgIpc) is 2.33. The fourth-order valence-corrected chi connectivity index (χ4v) is 2.13. The highest BCUT2D eigenvalue weighted by atomic mass is 32.1. The minimum absolute atomic E-state index is 0.0228. The molecule has 19 heavy (non-hydrogen) atoms. The number of hydrogen-bond acceptors (Lipinski definition) is 2. The quantitative estimate of drug-likeness (QED) is 0.828. The second-order valence-electron chi connectivity index (χ2n) is 5.00. The first-order chi connectivity index (χ1) is 9.06. The summed E-state index contributed by atoms with van der Waals surface area (Å²) in [6.45, 7) is 0.551. The third-order valence-corrected chi connectivity index (χ3v) is 3.65. The number of urea groups is 1. The van der Waals surface area contributed by atoms with Gasteiger partial charge in [0.2, 0.25) is 0 Å². The number of amides is 2. The molecule has 5 heteroatoms. The van der Waals surface area contributed by atoms with Crippen molar-refractivity contribution in [1.82, 2.24) is 10.2 Å². The van der Waals surface area contributed by atoms with E-state index in [9.17, 15) is 4.79 Å². The lowest BCUT2D eigenvalue weighted by atomic mass is 9.93. The maximum Gasteiger partial charge on any atom is 0.317 e. The van der Waals surface area contributed by atoms with E-state index in [1.165, 1.54) is 6.42 Å². The van der Waals surface area contributed by atoms with E-state index in [1.54, 1.807) is 11.9 Å². The second kappa shape index (κ2) is 6.02. The van der Waals surface area contributed by atoms with E-state index < -0.39 is 0 Å². The zero-order valence-electron chi connectivity index (χ0n) is 11.1. The van der Waals surface area contributed by atoms with Gasteiger partial charge in [-0.1, -0.05) is 30.4 Å². The molecule has 0 heterocycles. The Morgan fingerprint density at radius 1 is 1.53 bits per heavy atom. The summed E-state index contributed by atoms with van der Waals surface area (Å²) in [6.07, 6.45) is 3.40. The molecule has 1 fully saturated rings. The lowest BCUT2D eigenvalue weighted by Gasteiger charge is -2.29. The Balaban J connectivity index is 1.93. The summed E-state index contributed by atoms with van der Waals surface area (Å²) in [7, 11) is 1.79. The van der Waals surface area contributed by atoms with Crippen molar-refractivity contribution in [3.05, 3.63) is 35.4 Å². The zero-order chi connectivity index (χ0) is 13.8. The molecule has 0 bridgehead atoms. The van der Waals surface area contributed by atoms with Gasteiger partial charge in [-0.15, -0.1) is 0 Å². The molecule has 1 aliphatic carbocycles. The first kappa shape index (κ1) is 13.8. The van der Waals surface area contributed by atoms with E-state index in [1.807, 2.05) is 24.3 Å². The second-order valence-corrected chi connectivity index (χ2v) is 5.44. The molecular formula is C14H19N3OS. The molecule has 1 saturated carbocycles. The highest BCUT2D eigenvalue weighted by molar-refractivity contribution is 7.80. The number of nitrogens with two attached hydrogens (primary N) is 1. The van der Waals surface area contributed by atoms with Gasteiger partial charge in [-0.3, -0.25) is 0 Å². The van der Waals surface area contributed by atoms with Gasteiger partial charge in [0.1, 0.15) is 4.99 Å². The molecule has 0 aromatic heterocycles. The van der Waals surface area contributed by atoms with Crippen LogP contribution >= 0.6 is 12.2 Å². The molecule has 3 N–H and O–H groups in total. The van der Waals surface area contributed by atoms with E-state index in [-0.39, 0.29) is 6.03 Å². The van der Waals surface area contributed by atoms with Gasteiger partial charge in [0.15, 0.2) is 0 Å². The van der Waals surface area contributed by atoms with Gasteiger partial charge >= 0.3 is 6.03 Å². The van der Waals surface area contributed by atoms with Crippen molar-refractivity contribution in [3.63, 3.8) is 0 Å². The molecule has 0 spiro atoms. The number of benzene rings is 1. The monoisotopic (exact) mass is 277 g/mol. The van der Waals surface area contributed by atoms with Crippen LogP contribution in [0.15, 0.2) is 24.3 Å². The summed E-state index contributed by atoms with van der Waals surface area (Å²) >= 11 is 4.95. The summed E-state index contributed by atoms with van der Waals surface area (Å²) in [5, 5.41) is 3.01. The number of carbonyl (C=O) groups is 1. The van der Waals surface area contributed by atoms with Crippen LogP contribution in [-0.2, 0) is 6.54 Å². The Hall–Kier alpha value is -1.62. The predicted octanol–water partition coefficient (Wildman–Crippen LogP) is 2.01. The Morgan fingerprint density at radius 3 is 2.84 bits per heavy atom. The molecule has 102 valence electrons. The van der Waals surface area contributed by atoms with Gasteiger partial charge < -0.3 is 16.0 Å². The normalized spacial score (nSPS) is 14.6. The van der Waals surface area contributed by atoms with Gasteiger partial charge in [0.25, 0.3) is 0 Å². The summed E-state index contributed by atoms with van der Waals surface area (Å²) in [5.41, 5.74) is 7.46. The number of rotatable bonds is 4. The molecule has 2 amide bonds. The van der Waals surface area contributed by atoms with Crippen molar-refractivity contribution in [2.75, 3.05) is 7.05 Å². The molecule has 0 radical (unpaired) electrons. The summed E-state index contributed by atoms with van der Waals surface area (Å²) in [4.78, 5) is 14.0. The molecule has 1 aliphatic rings. The van der Waals surface area contributed by atoms with Gasteiger partial charge in [0.05, 0.1) is 0 Å². The number of carbonyl (C=O) groups excluding carboxylic acids is 1. The SMILES string of the molecule is CN(Cc1cccc(C(N)=S)c1)C(=O)NC1CCC1. The molecule has 4 nitrogen and oxygen atoms in total. The highest BCUT2D eigenvalue weighted by Gasteiger charge is 2.21. The van der Waals surface area contributed by atoms with Crippen LogP contribution in [0.3, 0.4) is 0 Å². The van der Waals surface area contributed by atoms with Crippen molar-refractivity contribution in [2.24, 2.45) is 5.73 Å². The molecule has 0 saturated heterocycles. The topological polar surface area (TPSA) is 58.4 Å². The van der Waals surface area contributed by atoms with Crippen molar-refractivity contribution >= 4 is 23.2 Å². The van der Waals surface area contributed by atoms with Crippen molar-refractivity contribution < 1.29 is 4.79 Å². The molecule has 1 aromatic carbocycles. The summed E-state index contributed by atoms with van der Waals surface area (Å²) < 4.78 is 0. The minimum atomic E-state index is -0.0228. The number of thiocarbonyl (C=S) groups is 1. The fraction of sp³-hybridized carbons (Fsp3) is 0.429. The van der Waals surface area contributed by atoms with Crippen LogP contribution in [0.1, 0.15) is 30.4 Å². The Morgan fingerprint density at radius 2 is 2.26 bits per heavy atom. The maximum absolute atomic E-state index is 11.9. The molecule has 0 unspecified atom stereocenters. The van der Waals surface area contributed by atoms with E-state index in [0.717, 1.165) is 24.0 Å². The average molecular weight is 277 g/mol. The first-order valence-electron chi connectivity index (χ1n) is 6.46. The molecule has 2 rings (SSSR count). The number of nitrogens with one attached hydrogen (secondary N) is 1. The van der Waals surface area contributed by atoms with Gasteiger partial charge in [-0.05, 0) is 30.9 Å². The zero-order valence-corrected chi connectivity index (χ0v) is 11.9. The van der Waals surface area contributed by atoms with Crippen molar-refractivity contribution in [1.29, 1.82) is 0 Å².